The van der Waals surface area contributed by atoms with Gasteiger partial charge in [-0.3, -0.25) is 9.97 Å². The molecule has 0 amide bonds. The van der Waals surface area contributed by atoms with Crippen molar-refractivity contribution in [3.63, 3.8) is 0 Å². The van der Waals surface area contributed by atoms with Crippen LogP contribution in [0.2, 0.25) is 0 Å². The summed E-state index contributed by atoms with van der Waals surface area (Å²) in [4.78, 5) is 8.16. The first-order valence-corrected chi connectivity index (χ1v) is 5.75. The third-order valence-electron chi connectivity index (χ3n) is 2.99. The van der Waals surface area contributed by atoms with E-state index in [9.17, 15) is 5.11 Å². The van der Waals surface area contributed by atoms with Crippen molar-refractivity contribution in [3.05, 3.63) is 59.2 Å². The highest BCUT2D eigenvalue weighted by Gasteiger charge is 2.15. The maximum absolute atomic E-state index is 10.4. The fourth-order valence-electron chi connectivity index (χ4n) is 1.93. The monoisotopic (exact) mass is 228 g/mol. The minimum Gasteiger partial charge on any atom is -0.384 e. The number of aliphatic hydroxyl groups is 1. The molecule has 2 aromatic heterocycles. The first-order valence-electron chi connectivity index (χ1n) is 5.75. The largest absolute Gasteiger partial charge is 0.384 e. The van der Waals surface area contributed by atoms with Gasteiger partial charge in [0.25, 0.3) is 0 Å². The van der Waals surface area contributed by atoms with Crippen molar-refractivity contribution < 1.29 is 5.11 Å². The van der Waals surface area contributed by atoms with Gasteiger partial charge < -0.3 is 5.11 Å². The molecule has 17 heavy (non-hydrogen) atoms. The minimum absolute atomic E-state index is 0.623. The normalized spacial score (nSPS) is 12.4. The standard InChI is InChI=1S/C14H16N2O/c1-3-11-8-15-7-5-12(11)14(17)13-9-16-6-4-10(13)2/h4-9,14,17H,3H2,1-2H3. The van der Waals surface area contributed by atoms with Crippen LogP contribution in [0.1, 0.15) is 35.3 Å². The van der Waals surface area contributed by atoms with Crippen molar-refractivity contribution >= 4 is 0 Å². The van der Waals surface area contributed by atoms with Gasteiger partial charge in [-0.2, -0.15) is 0 Å². The molecule has 0 spiro atoms. The van der Waals surface area contributed by atoms with Gasteiger partial charge in [0.15, 0.2) is 0 Å². The molecular formula is C14H16N2O. The Morgan fingerprint density at radius 1 is 1.12 bits per heavy atom. The summed E-state index contributed by atoms with van der Waals surface area (Å²) < 4.78 is 0. The van der Waals surface area contributed by atoms with E-state index in [2.05, 4.69) is 16.9 Å². The Morgan fingerprint density at radius 3 is 2.53 bits per heavy atom. The van der Waals surface area contributed by atoms with Gasteiger partial charge in [-0.15, -0.1) is 0 Å². The van der Waals surface area contributed by atoms with Crippen LogP contribution < -0.4 is 0 Å². The summed E-state index contributed by atoms with van der Waals surface area (Å²) in [5.41, 5.74) is 3.89. The number of pyridine rings is 2. The Hall–Kier alpha value is -1.74. The molecule has 0 saturated carbocycles. The number of nitrogens with zero attached hydrogens (tertiary/aromatic N) is 2. The molecule has 0 aliphatic carbocycles. The fraction of sp³-hybridized carbons (Fsp3) is 0.286. The number of hydrogen-bond acceptors (Lipinski definition) is 3. The molecule has 0 bridgehead atoms. The molecule has 88 valence electrons. The first-order chi connectivity index (χ1) is 8.24. The Labute approximate surface area is 101 Å². The number of aryl methyl sites for hydroxylation is 2. The molecule has 2 rings (SSSR count). The smallest absolute Gasteiger partial charge is 0.106 e. The number of aliphatic hydroxyl groups excluding tert-OH is 1. The van der Waals surface area contributed by atoms with E-state index in [1.165, 1.54) is 0 Å². The van der Waals surface area contributed by atoms with Gasteiger partial charge in [0.05, 0.1) is 0 Å². The van der Waals surface area contributed by atoms with Crippen molar-refractivity contribution in [2.75, 3.05) is 0 Å². The van der Waals surface area contributed by atoms with Crippen LogP contribution in [0.4, 0.5) is 0 Å². The van der Waals surface area contributed by atoms with E-state index in [1.807, 2.05) is 25.3 Å². The predicted molar refractivity (Wildman–Crippen MR) is 66.7 cm³/mol. The van der Waals surface area contributed by atoms with Gasteiger partial charge in [-0.25, -0.2) is 0 Å². The van der Waals surface area contributed by atoms with Crippen molar-refractivity contribution in [1.29, 1.82) is 0 Å². The van der Waals surface area contributed by atoms with Crippen LogP contribution in [-0.2, 0) is 6.42 Å². The minimum atomic E-state index is -0.623. The van der Waals surface area contributed by atoms with Gasteiger partial charge in [0.1, 0.15) is 6.10 Å². The van der Waals surface area contributed by atoms with Crippen LogP contribution in [0.5, 0.6) is 0 Å². The quantitative estimate of drug-likeness (QED) is 0.877. The number of hydrogen-bond donors (Lipinski definition) is 1. The Balaban J connectivity index is 2.44. The zero-order valence-corrected chi connectivity index (χ0v) is 10.1. The second kappa shape index (κ2) is 5.06. The van der Waals surface area contributed by atoms with Gasteiger partial charge >= 0.3 is 0 Å². The molecule has 0 saturated heterocycles. The van der Waals surface area contributed by atoms with E-state index in [0.717, 1.165) is 28.7 Å². The lowest BCUT2D eigenvalue weighted by molar-refractivity contribution is 0.218. The number of rotatable bonds is 3. The van der Waals surface area contributed by atoms with Crippen molar-refractivity contribution in [1.82, 2.24) is 9.97 Å². The van der Waals surface area contributed by atoms with Crippen LogP contribution >= 0.6 is 0 Å². The van der Waals surface area contributed by atoms with E-state index >= 15 is 0 Å². The summed E-state index contributed by atoms with van der Waals surface area (Å²) in [5, 5.41) is 10.4. The SMILES string of the molecule is CCc1cnccc1C(O)c1cnccc1C. The average molecular weight is 228 g/mol. The van der Waals surface area contributed by atoms with Crippen LogP contribution in [0, 0.1) is 6.92 Å². The molecular weight excluding hydrogens is 212 g/mol. The van der Waals surface area contributed by atoms with Gasteiger partial charge in [0, 0.05) is 30.4 Å². The molecule has 1 N–H and O–H groups in total. The van der Waals surface area contributed by atoms with Crippen LogP contribution in [-0.4, -0.2) is 15.1 Å². The van der Waals surface area contributed by atoms with Crippen molar-refractivity contribution in [3.8, 4) is 0 Å². The van der Waals surface area contributed by atoms with Crippen LogP contribution in [0.25, 0.3) is 0 Å². The number of aromatic nitrogens is 2. The fourth-order valence-corrected chi connectivity index (χ4v) is 1.93. The average Bonchev–Trinajstić information content (AvgIpc) is 2.38. The Bertz CT molecular complexity index is 511. The highest BCUT2D eigenvalue weighted by molar-refractivity contribution is 5.36. The molecule has 2 heterocycles. The molecule has 3 nitrogen and oxygen atoms in total. The molecule has 0 aromatic carbocycles. The summed E-state index contributed by atoms with van der Waals surface area (Å²) in [6.07, 6.45) is 7.22. The lowest BCUT2D eigenvalue weighted by atomic mass is 9.96. The molecule has 1 atom stereocenters. The second-order valence-corrected chi connectivity index (χ2v) is 4.06. The van der Waals surface area contributed by atoms with E-state index in [1.54, 1.807) is 18.6 Å². The topological polar surface area (TPSA) is 46.0 Å². The van der Waals surface area contributed by atoms with E-state index < -0.39 is 6.10 Å². The molecule has 3 heteroatoms. The van der Waals surface area contributed by atoms with E-state index in [4.69, 9.17) is 0 Å². The van der Waals surface area contributed by atoms with Crippen molar-refractivity contribution in [2.45, 2.75) is 26.4 Å². The van der Waals surface area contributed by atoms with Gasteiger partial charge in [-0.1, -0.05) is 6.92 Å². The Morgan fingerprint density at radius 2 is 1.82 bits per heavy atom. The maximum Gasteiger partial charge on any atom is 0.106 e. The summed E-state index contributed by atoms with van der Waals surface area (Å²) in [7, 11) is 0. The van der Waals surface area contributed by atoms with Gasteiger partial charge in [-0.05, 0) is 42.2 Å². The highest BCUT2D eigenvalue weighted by atomic mass is 16.3. The summed E-state index contributed by atoms with van der Waals surface area (Å²) in [6, 6.07) is 3.78. The molecule has 0 aliphatic rings. The predicted octanol–water partition coefficient (Wildman–Crippen LogP) is 2.43. The lowest BCUT2D eigenvalue weighted by Crippen LogP contribution is -2.06. The molecule has 0 fully saturated rings. The molecule has 2 aromatic rings. The maximum atomic E-state index is 10.4. The molecule has 1 unspecified atom stereocenters. The lowest BCUT2D eigenvalue weighted by Gasteiger charge is -2.16. The second-order valence-electron chi connectivity index (χ2n) is 4.06. The van der Waals surface area contributed by atoms with Gasteiger partial charge in [0.2, 0.25) is 0 Å². The zero-order valence-electron chi connectivity index (χ0n) is 10.1. The highest BCUT2D eigenvalue weighted by Crippen LogP contribution is 2.26. The molecule has 0 radical (unpaired) electrons. The third-order valence-corrected chi connectivity index (χ3v) is 2.99. The van der Waals surface area contributed by atoms with Crippen LogP contribution in [0.3, 0.4) is 0 Å². The molecule has 0 aliphatic heterocycles. The third kappa shape index (κ3) is 2.34. The summed E-state index contributed by atoms with van der Waals surface area (Å²) in [5.74, 6) is 0. The van der Waals surface area contributed by atoms with E-state index in [-0.39, 0.29) is 0 Å². The summed E-state index contributed by atoms with van der Waals surface area (Å²) in [6.45, 7) is 4.04. The first kappa shape index (κ1) is 11.7. The Kier molecular flexibility index (Phi) is 3.49. The summed E-state index contributed by atoms with van der Waals surface area (Å²) >= 11 is 0. The van der Waals surface area contributed by atoms with Crippen molar-refractivity contribution in [2.24, 2.45) is 0 Å². The zero-order chi connectivity index (χ0) is 12.3. The van der Waals surface area contributed by atoms with E-state index in [0.29, 0.717) is 0 Å². The van der Waals surface area contributed by atoms with Crippen LogP contribution in [0.15, 0.2) is 36.9 Å².